The summed E-state index contributed by atoms with van der Waals surface area (Å²) in [5.74, 6) is -0.596. The van der Waals surface area contributed by atoms with Crippen molar-refractivity contribution in [2.75, 3.05) is 16.3 Å². The van der Waals surface area contributed by atoms with Gasteiger partial charge in [-0.2, -0.15) is 5.10 Å². The Morgan fingerprint density at radius 2 is 2.07 bits per heavy atom. The number of carbonyl (C=O) groups is 1. The Balaban J connectivity index is 2.07. The van der Waals surface area contributed by atoms with Crippen LogP contribution in [0.3, 0.4) is 0 Å². The predicted octanol–water partition coefficient (Wildman–Crippen LogP) is 2.41. The summed E-state index contributed by atoms with van der Waals surface area (Å²) in [6, 6.07) is 5.21. The van der Waals surface area contributed by atoms with E-state index >= 15 is 0 Å². The normalized spacial score (nSPS) is 11.5. The maximum Gasteiger partial charge on any atom is 0.337 e. The lowest BCUT2D eigenvalue weighted by Crippen LogP contribution is -2.11. The van der Waals surface area contributed by atoms with Gasteiger partial charge in [0.1, 0.15) is 11.8 Å². The highest BCUT2D eigenvalue weighted by atomic mass is 32.2. The number of aryl methyl sites for hydroxylation is 2. The van der Waals surface area contributed by atoms with Crippen molar-refractivity contribution in [3.63, 3.8) is 0 Å². The lowest BCUT2D eigenvalue weighted by molar-refractivity contribution is 0.0696. The van der Waals surface area contributed by atoms with E-state index in [1.807, 2.05) is 6.92 Å². The molecule has 3 aromatic rings. The molecule has 0 aliphatic carbocycles. The van der Waals surface area contributed by atoms with Crippen LogP contribution >= 0.6 is 0 Å². The number of hydrogen-bond acceptors (Lipinski definition) is 6. The number of nitrogens with zero attached hydrogens (tertiary/aromatic N) is 3. The van der Waals surface area contributed by atoms with Crippen molar-refractivity contribution in [1.82, 2.24) is 14.6 Å². The van der Waals surface area contributed by atoms with Crippen molar-refractivity contribution in [2.45, 2.75) is 20.3 Å². The predicted molar refractivity (Wildman–Crippen MR) is 102 cm³/mol. The third kappa shape index (κ3) is 3.85. The lowest BCUT2D eigenvalue weighted by Gasteiger charge is -2.12. The largest absolute Gasteiger partial charge is 0.478 e. The molecule has 2 aromatic heterocycles. The van der Waals surface area contributed by atoms with Crippen LogP contribution in [0.15, 0.2) is 30.7 Å². The highest BCUT2D eigenvalue weighted by Crippen LogP contribution is 2.28. The van der Waals surface area contributed by atoms with E-state index in [0.717, 1.165) is 11.8 Å². The van der Waals surface area contributed by atoms with E-state index in [9.17, 15) is 18.3 Å². The van der Waals surface area contributed by atoms with Gasteiger partial charge in [-0.05, 0) is 36.6 Å². The Labute approximate surface area is 156 Å². The molecule has 0 unspecified atom stereocenters. The molecule has 0 saturated carbocycles. The summed E-state index contributed by atoms with van der Waals surface area (Å²) < 4.78 is 27.0. The SMILES string of the molecule is CCc1c(C(=O)O)cn2ncnc(Nc3ccc(C)c(NS(C)(=O)=O)c3)c12. The van der Waals surface area contributed by atoms with Gasteiger partial charge >= 0.3 is 5.97 Å². The number of aromatic carboxylic acids is 1. The smallest absolute Gasteiger partial charge is 0.337 e. The van der Waals surface area contributed by atoms with E-state index in [0.29, 0.717) is 34.7 Å². The van der Waals surface area contributed by atoms with Crippen molar-refractivity contribution in [3.05, 3.63) is 47.4 Å². The third-order valence-electron chi connectivity index (χ3n) is 4.06. The Morgan fingerprint density at radius 3 is 2.70 bits per heavy atom. The summed E-state index contributed by atoms with van der Waals surface area (Å²) in [6.07, 6.45) is 4.36. The van der Waals surface area contributed by atoms with Gasteiger partial charge < -0.3 is 10.4 Å². The highest BCUT2D eigenvalue weighted by molar-refractivity contribution is 7.92. The number of aromatic nitrogens is 3. The summed E-state index contributed by atoms with van der Waals surface area (Å²) in [4.78, 5) is 15.7. The molecule has 10 heteroatoms. The van der Waals surface area contributed by atoms with Crippen LogP contribution in [0, 0.1) is 6.92 Å². The third-order valence-corrected chi connectivity index (χ3v) is 4.65. The minimum absolute atomic E-state index is 0.171. The average Bonchev–Trinajstić information content (AvgIpc) is 2.96. The molecule has 0 aliphatic rings. The second kappa shape index (κ2) is 6.88. The molecule has 0 spiro atoms. The maximum atomic E-state index is 11.5. The molecule has 0 amide bonds. The molecule has 0 aliphatic heterocycles. The van der Waals surface area contributed by atoms with Crippen molar-refractivity contribution in [2.24, 2.45) is 0 Å². The van der Waals surface area contributed by atoms with Crippen molar-refractivity contribution in [1.29, 1.82) is 0 Å². The molecule has 0 saturated heterocycles. The number of sulfonamides is 1. The Hall–Kier alpha value is -3.14. The monoisotopic (exact) mass is 389 g/mol. The van der Waals surface area contributed by atoms with Crippen LogP contribution in [0.5, 0.6) is 0 Å². The van der Waals surface area contributed by atoms with Gasteiger partial charge in [0.15, 0.2) is 5.82 Å². The standard InChI is InChI=1S/C17H19N5O4S/c1-4-12-13(17(23)24)8-22-15(12)16(18-9-19-22)20-11-6-5-10(2)14(7-11)21-27(3,25)26/h5-9,21H,4H2,1-3H3,(H,23,24)(H,18,19,20). The molecule has 0 radical (unpaired) electrons. The van der Waals surface area contributed by atoms with Crippen LogP contribution in [0.4, 0.5) is 17.2 Å². The second-order valence-corrected chi connectivity index (χ2v) is 7.86. The van der Waals surface area contributed by atoms with Gasteiger partial charge in [0.05, 0.1) is 17.5 Å². The molecule has 0 atom stereocenters. The lowest BCUT2D eigenvalue weighted by atomic mass is 10.1. The average molecular weight is 389 g/mol. The van der Waals surface area contributed by atoms with E-state index in [-0.39, 0.29) is 5.56 Å². The first-order valence-corrected chi connectivity index (χ1v) is 10.0. The number of fused-ring (bicyclic) bond motifs is 1. The number of benzene rings is 1. The summed E-state index contributed by atoms with van der Waals surface area (Å²) >= 11 is 0. The zero-order chi connectivity index (χ0) is 19.8. The summed E-state index contributed by atoms with van der Waals surface area (Å²) in [5, 5.41) is 16.6. The Bertz CT molecular complexity index is 1140. The maximum absolute atomic E-state index is 11.5. The van der Waals surface area contributed by atoms with Gasteiger partial charge in [0.25, 0.3) is 0 Å². The molecule has 0 bridgehead atoms. The van der Waals surface area contributed by atoms with Crippen LogP contribution in [0.25, 0.3) is 5.52 Å². The van der Waals surface area contributed by atoms with Crippen molar-refractivity contribution >= 4 is 38.7 Å². The minimum atomic E-state index is -3.41. The fourth-order valence-electron chi connectivity index (χ4n) is 2.85. The van der Waals surface area contributed by atoms with E-state index in [1.54, 1.807) is 25.1 Å². The molecule has 142 valence electrons. The van der Waals surface area contributed by atoms with Crippen LogP contribution < -0.4 is 10.0 Å². The van der Waals surface area contributed by atoms with Crippen molar-refractivity contribution in [3.8, 4) is 0 Å². The summed E-state index contributed by atoms with van der Waals surface area (Å²) in [7, 11) is -3.41. The Morgan fingerprint density at radius 1 is 1.33 bits per heavy atom. The number of rotatable bonds is 6. The highest BCUT2D eigenvalue weighted by Gasteiger charge is 2.19. The van der Waals surface area contributed by atoms with Crippen LogP contribution in [0.1, 0.15) is 28.4 Å². The number of nitrogens with one attached hydrogen (secondary N) is 2. The molecule has 3 rings (SSSR count). The molecule has 0 fully saturated rings. The van der Waals surface area contributed by atoms with Gasteiger partial charge in [-0.25, -0.2) is 22.7 Å². The number of anilines is 3. The Kier molecular flexibility index (Phi) is 4.75. The number of carboxylic acid groups (broad SMARTS) is 1. The zero-order valence-electron chi connectivity index (χ0n) is 15.0. The first kappa shape index (κ1) is 18.6. The van der Waals surface area contributed by atoms with Gasteiger partial charge in [-0.15, -0.1) is 0 Å². The van der Waals surface area contributed by atoms with Gasteiger partial charge in [-0.1, -0.05) is 13.0 Å². The molecule has 1 aromatic carbocycles. The van der Waals surface area contributed by atoms with E-state index in [1.165, 1.54) is 17.0 Å². The molecule has 27 heavy (non-hydrogen) atoms. The van der Waals surface area contributed by atoms with Gasteiger partial charge in [0, 0.05) is 11.9 Å². The van der Waals surface area contributed by atoms with Gasteiger partial charge in [-0.3, -0.25) is 4.72 Å². The zero-order valence-corrected chi connectivity index (χ0v) is 15.8. The van der Waals surface area contributed by atoms with Crippen LogP contribution in [-0.2, 0) is 16.4 Å². The van der Waals surface area contributed by atoms with E-state index in [2.05, 4.69) is 20.1 Å². The quantitative estimate of drug-likeness (QED) is 0.591. The van der Waals surface area contributed by atoms with Crippen molar-refractivity contribution < 1.29 is 18.3 Å². The minimum Gasteiger partial charge on any atom is -0.478 e. The molecular weight excluding hydrogens is 370 g/mol. The summed E-state index contributed by atoms with van der Waals surface area (Å²) in [6.45, 7) is 3.65. The topological polar surface area (TPSA) is 126 Å². The van der Waals surface area contributed by atoms with E-state index < -0.39 is 16.0 Å². The van der Waals surface area contributed by atoms with E-state index in [4.69, 9.17) is 0 Å². The number of carboxylic acids is 1. The summed E-state index contributed by atoms with van der Waals surface area (Å²) in [5.41, 5.74) is 3.17. The molecule has 2 heterocycles. The fraction of sp³-hybridized carbons (Fsp3) is 0.235. The first-order chi connectivity index (χ1) is 12.7. The van der Waals surface area contributed by atoms with Crippen LogP contribution in [0.2, 0.25) is 0 Å². The molecule has 9 nitrogen and oxygen atoms in total. The molecule has 3 N–H and O–H groups in total. The van der Waals surface area contributed by atoms with Gasteiger partial charge in [0.2, 0.25) is 10.0 Å². The first-order valence-electron chi connectivity index (χ1n) is 8.13. The molecular formula is C17H19N5O4S. The fourth-order valence-corrected chi connectivity index (χ4v) is 3.47. The second-order valence-electron chi connectivity index (χ2n) is 6.11. The number of hydrogen-bond donors (Lipinski definition) is 3. The van der Waals surface area contributed by atoms with Crippen LogP contribution in [-0.4, -0.2) is 40.3 Å².